The van der Waals surface area contributed by atoms with Crippen LogP contribution in [0.3, 0.4) is 0 Å². The van der Waals surface area contributed by atoms with Gasteiger partial charge in [0.05, 0.1) is 23.3 Å². The second-order valence-electron chi connectivity index (χ2n) is 7.04. The number of rotatable bonds is 9. The molecule has 13 heteroatoms. The number of amides is 3. The van der Waals surface area contributed by atoms with E-state index in [1.165, 1.54) is 11.8 Å². The van der Waals surface area contributed by atoms with E-state index >= 15 is 0 Å². The van der Waals surface area contributed by atoms with E-state index in [1.54, 1.807) is 35.3 Å². The van der Waals surface area contributed by atoms with E-state index in [1.807, 2.05) is 0 Å². The predicted octanol–water partition coefficient (Wildman–Crippen LogP) is 1.19. The van der Waals surface area contributed by atoms with Crippen molar-refractivity contribution in [1.82, 2.24) is 35.4 Å². The summed E-state index contributed by atoms with van der Waals surface area (Å²) in [5.41, 5.74) is 0.741. The second kappa shape index (κ2) is 10.7. The summed E-state index contributed by atoms with van der Waals surface area (Å²) >= 11 is 2.10. The van der Waals surface area contributed by atoms with Crippen molar-refractivity contribution in [3.05, 3.63) is 35.0 Å². The molecule has 1 atom stereocenters. The van der Waals surface area contributed by atoms with Gasteiger partial charge in [0.1, 0.15) is 0 Å². The molecule has 2 aromatic heterocycles. The number of hydrogen-bond acceptors (Lipinski definition) is 10. The number of pyridine rings is 1. The topological polar surface area (TPSA) is 132 Å². The number of nitrogens with one attached hydrogen (secondary N) is 1. The smallest absolute Gasteiger partial charge is 0.293 e. The van der Waals surface area contributed by atoms with Gasteiger partial charge >= 0.3 is 0 Å². The summed E-state index contributed by atoms with van der Waals surface area (Å²) in [5, 5.41) is 14.5. The van der Waals surface area contributed by atoms with Crippen LogP contribution in [0.15, 0.2) is 34.6 Å². The molecule has 4 rings (SSSR count). The minimum atomic E-state index is -0.374. The standard InChI is InChI=1S/C19H21N7O4S2/c27-16(12-31-18-22-23-24-26(18)11-14-4-2-8-30-14)21-6-7-25-17(28)15(32-19(25)29)9-13-3-1-5-20-10-13/h1,3,5,9-10,14H,2,4,6-8,11-12H2,(H,21,27)/b15-9-. The molecule has 168 valence electrons. The second-order valence-corrected chi connectivity index (χ2v) is 8.97. The van der Waals surface area contributed by atoms with Crippen molar-refractivity contribution < 1.29 is 19.1 Å². The van der Waals surface area contributed by atoms with Gasteiger partial charge in [0.15, 0.2) is 0 Å². The molecule has 2 aliphatic heterocycles. The molecule has 0 saturated carbocycles. The molecule has 3 amide bonds. The summed E-state index contributed by atoms with van der Waals surface area (Å²) in [6.07, 6.45) is 6.97. The molecule has 2 fully saturated rings. The summed E-state index contributed by atoms with van der Waals surface area (Å²) in [5.74, 6) is -0.491. The Labute approximate surface area is 192 Å². The predicted molar refractivity (Wildman–Crippen MR) is 117 cm³/mol. The van der Waals surface area contributed by atoms with Gasteiger partial charge in [-0.15, -0.1) is 5.10 Å². The molecule has 0 radical (unpaired) electrons. The van der Waals surface area contributed by atoms with Gasteiger partial charge in [-0.2, -0.15) is 0 Å². The van der Waals surface area contributed by atoms with Crippen molar-refractivity contribution >= 4 is 46.7 Å². The molecule has 0 spiro atoms. The molecular formula is C19H21N7O4S2. The largest absolute Gasteiger partial charge is 0.376 e. The van der Waals surface area contributed by atoms with Gasteiger partial charge in [-0.1, -0.05) is 17.8 Å². The summed E-state index contributed by atoms with van der Waals surface area (Å²) in [6, 6.07) is 3.56. The van der Waals surface area contributed by atoms with E-state index in [0.29, 0.717) is 16.6 Å². The van der Waals surface area contributed by atoms with Crippen molar-refractivity contribution in [3.63, 3.8) is 0 Å². The molecule has 11 nitrogen and oxygen atoms in total. The first kappa shape index (κ1) is 22.4. The Morgan fingerprint density at radius 1 is 1.41 bits per heavy atom. The Kier molecular flexibility index (Phi) is 7.50. The zero-order chi connectivity index (χ0) is 22.3. The third kappa shape index (κ3) is 5.72. The van der Waals surface area contributed by atoms with Gasteiger partial charge < -0.3 is 10.1 Å². The third-order valence-corrected chi connectivity index (χ3v) is 6.61. The average Bonchev–Trinajstić information content (AvgIpc) is 3.52. The Balaban J connectivity index is 1.21. The molecular weight excluding hydrogens is 454 g/mol. The van der Waals surface area contributed by atoms with E-state index in [-0.39, 0.29) is 42.0 Å². The average molecular weight is 476 g/mol. The quantitative estimate of drug-likeness (QED) is 0.416. The van der Waals surface area contributed by atoms with Crippen LogP contribution in [0.2, 0.25) is 0 Å². The highest BCUT2D eigenvalue weighted by molar-refractivity contribution is 8.18. The molecule has 2 aromatic rings. The number of carbonyl (C=O) groups is 3. The van der Waals surface area contributed by atoms with E-state index in [4.69, 9.17) is 4.74 Å². The maximum absolute atomic E-state index is 12.5. The number of aromatic nitrogens is 5. The summed E-state index contributed by atoms with van der Waals surface area (Å²) in [6.45, 7) is 1.57. The molecule has 1 unspecified atom stereocenters. The zero-order valence-corrected chi connectivity index (χ0v) is 18.7. The first-order valence-corrected chi connectivity index (χ1v) is 11.8. The Bertz CT molecular complexity index is 1010. The highest BCUT2D eigenvalue weighted by Crippen LogP contribution is 2.31. The molecule has 1 N–H and O–H groups in total. The van der Waals surface area contributed by atoms with E-state index in [0.717, 1.165) is 41.7 Å². The van der Waals surface area contributed by atoms with Crippen LogP contribution in [-0.4, -0.2) is 78.7 Å². The number of nitrogens with zero attached hydrogens (tertiary/aromatic N) is 6. The lowest BCUT2D eigenvalue weighted by Gasteiger charge is -2.13. The minimum absolute atomic E-state index is 0.0946. The number of tetrazole rings is 1. The Morgan fingerprint density at radius 3 is 3.09 bits per heavy atom. The van der Waals surface area contributed by atoms with Gasteiger partial charge in [0.25, 0.3) is 11.1 Å². The SMILES string of the molecule is O=C(CSc1nnnn1CC1CCCO1)NCCN1C(=O)S/C(=C\c2cccnc2)C1=O. The number of thioether (sulfide) groups is 2. The molecule has 0 aliphatic carbocycles. The van der Waals surface area contributed by atoms with Crippen molar-refractivity contribution in [2.75, 3.05) is 25.4 Å². The normalized spacial score (nSPS) is 19.8. The number of hydrogen-bond donors (Lipinski definition) is 1. The van der Waals surface area contributed by atoms with Crippen molar-refractivity contribution in [1.29, 1.82) is 0 Å². The molecule has 32 heavy (non-hydrogen) atoms. The van der Waals surface area contributed by atoms with Gasteiger partial charge in [0.2, 0.25) is 11.1 Å². The first-order chi connectivity index (χ1) is 15.6. The van der Waals surface area contributed by atoms with Crippen LogP contribution in [0.1, 0.15) is 18.4 Å². The maximum Gasteiger partial charge on any atom is 0.293 e. The Morgan fingerprint density at radius 2 is 2.31 bits per heavy atom. The monoisotopic (exact) mass is 475 g/mol. The van der Waals surface area contributed by atoms with E-state index in [2.05, 4.69) is 25.8 Å². The Hall–Kier alpha value is -2.77. The number of imide groups is 1. The van der Waals surface area contributed by atoms with Gasteiger partial charge in [0, 0.05) is 32.1 Å². The molecule has 4 heterocycles. The minimum Gasteiger partial charge on any atom is -0.376 e. The number of carbonyl (C=O) groups excluding carboxylic acids is 3. The van der Waals surface area contributed by atoms with E-state index in [9.17, 15) is 14.4 Å². The lowest BCUT2D eigenvalue weighted by Crippen LogP contribution is -2.37. The van der Waals surface area contributed by atoms with Crippen LogP contribution in [0.25, 0.3) is 6.08 Å². The highest BCUT2D eigenvalue weighted by Gasteiger charge is 2.34. The fraction of sp³-hybridized carbons (Fsp3) is 0.421. The van der Waals surface area contributed by atoms with E-state index < -0.39 is 0 Å². The van der Waals surface area contributed by atoms with Crippen molar-refractivity contribution in [2.24, 2.45) is 0 Å². The van der Waals surface area contributed by atoms with Crippen molar-refractivity contribution in [3.8, 4) is 0 Å². The van der Waals surface area contributed by atoms with Gasteiger partial charge in [-0.05, 0) is 52.7 Å². The maximum atomic E-state index is 12.5. The third-order valence-electron chi connectivity index (χ3n) is 4.75. The van der Waals surface area contributed by atoms with Crippen molar-refractivity contribution in [2.45, 2.75) is 30.6 Å². The summed E-state index contributed by atoms with van der Waals surface area (Å²) < 4.78 is 7.24. The number of ether oxygens (including phenoxy) is 1. The fourth-order valence-corrected chi connectivity index (χ4v) is 4.77. The molecule has 2 aliphatic rings. The van der Waals surface area contributed by atoms with Crippen LogP contribution >= 0.6 is 23.5 Å². The van der Waals surface area contributed by atoms with Crippen LogP contribution < -0.4 is 5.32 Å². The summed E-state index contributed by atoms with van der Waals surface area (Å²) in [7, 11) is 0. The lowest BCUT2D eigenvalue weighted by molar-refractivity contribution is -0.123. The molecule has 0 bridgehead atoms. The first-order valence-electron chi connectivity index (χ1n) is 10.0. The summed E-state index contributed by atoms with van der Waals surface area (Å²) in [4.78, 5) is 42.3. The van der Waals surface area contributed by atoms with Crippen LogP contribution in [-0.2, 0) is 20.9 Å². The zero-order valence-electron chi connectivity index (χ0n) is 17.0. The highest BCUT2D eigenvalue weighted by atomic mass is 32.2. The van der Waals surface area contributed by atoms with Gasteiger partial charge in [-0.3, -0.25) is 24.3 Å². The van der Waals surface area contributed by atoms with Gasteiger partial charge in [-0.25, -0.2) is 4.68 Å². The fourth-order valence-electron chi connectivity index (χ4n) is 3.19. The van der Waals surface area contributed by atoms with Crippen LogP contribution in [0.4, 0.5) is 4.79 Å². The molecule has 2 saturated heterocycles. The van der Waals surface area contributed by atoms with Crippen LogP contribution in [0.5, 0.6) is 0 Å². The lowest BCUT2D eigenvalue weighted by atomic mass is 10.2. The van der Waals surface area contributed by atoms with Crippen LogP contribution in [0, 0.1) is 0 Å². The molecule has 0 aromatic carbocycles.